The van der Waals surface area contributed by atoms with Crippen molar-refractivity contribution in [3.63, 3.8) is 0 Å². The number of thiocarbonyl (C=S) groups is 1. The van der Waals surface area contributed by atoms with Crippen molar-refractivity contribution >= 4 is 23.7 Å². The zero-order valence-electron chi connectivity index (χ0n) is 10.0. The highest BCUT2D eigenvalue weighted by Gasteiger charge is 1.96. The van der Waals surface area contributed by atoms with E-state index in [1.165, 1.54) is 11.1 Å². The Bertz CT molecular complexity index is 552. The summed E-state index contributed by atoms with van der Waals surface area (Å²) in [6, 6.07) is 18.7. The van der Waals surface area contributed by atoms with Crippen LogP contribution in [0.25, 0.3) is 17.2 Å². The molecule has 0 N–H and O–H groups in total. The summed E-state index contributed by atoms with van der Waals surface area (Å²) in [6.07, 6.45) is 3.78. The lowest BCUT2D eigenvalue weighted by Gasteiger charge is -2.02. The minimum Gasteiger partial charge on any atom is -0.0984 e. The zero-order valence-corrected chi connectivity index (χ0v) is 10.9. The predicted octanol–water partition coefficient (Wildman–Crippen LogP) is 4.92. The molecule has 0 spiro atoms. The SMILES string of the molecule is C=C/C(C=S)=C\c1ccc(-c2ccccc2)cc1. The number of benzene rings is 2. The summed E-state index contributed by atoms with van der Waals surface area (Å²) >= 11 is 4.91. The van der Waals surface area contributed by atoms with E-state index < -0.39 is 0 Å². The van der Waals surface area contributed by atoms with Crippen molar-refractivity contribution in [2.24, 2.45) is 0 Å². The fraction of sp³-hybridized carbons (Fsp3) is 0. The van der Waals surface area contributed by atoms with Crippen LogP contribution in [0.2, 0.25) is 0 Å². The van der Waals surface area contributed by atoms with Crippen molar-refractivity contribution < 1.29 is 0 Å². The maximum Gasteiger partial charge on any atom is 0.00861 e. The van der Waals surface area contributed by atoms with Crippen molar-refractivity contribution in [1.29, 1.82) is 0 Å². The van der Waals surface area contributed by atoms with Crippen LogP contribution in [-0.2, 0) is 0 Å². The fourth-order valence-corrected chi connectivity index (χ4v) is 1.90. The topological polar surface area (TPSA) is 0 Å². The quantitative estimate of drug-likeness (QED) is 0.421. The number of rotatable bonds is 4. The fourth-order valence-electron chi connectivity index (χ4n) is 1.74. The van der Waals surface area contributed by atoms with E-state index in [2.05, 4.69) is 43.0 Å². The summed E-state index contributed by atoms with van der Waals surface area (Å²) in [5.74, 6) is 0. The molecule has 0 fully saturated rings. The van der Waals surface area contributed by atoms with Gasteiger partial charge >= 0.3 is 0 Å². The summed E-state index contributed by atoms with van der Waals surface area (Å²) in [7, 11) is 0. The Morgan fingerprint density at radius 3 is 2.06 bits per heavy atom. The van der Waals surface area contributed by atoms with Gasteiger partial charge in [0.1, 0.15) is 0 Å². The van der Waals surface area contributed by atoms with Gasteiger partial charge in [0.15, 0.2) is 0 Å². The van der Waals surface area contributed by atoms with Gasteiger partial charge in [-0.2, -0.15) is 0 Å². The second-order valence-corrected chi connectivity index (χ2v) is 4.19. The minimum atomic E-state index is 0.956. The summed E-state index contributed by atoms with van der Waals surface area (Å²) < 4.78 is 0. The van der Waals surface area contributed by atoms with E-state index in [0.29, 0.717) is 0 Å². The van der Waals surface area contributed by atoms with E-state index in [-0.39, 0.29) is 0 Å². The largest absolute Gasteiger partial charge is 0.0984 e. The van der Waals surface area contributed by atoms with Crippen LogP contribution in [0.15, 0.2) is 72.8 Å². The maximum absolute atomic E-state index is 4.91. The Balaban J connectivity index is 2.28. The highest BCUT2D eigenvalue weighted by molar-refractivity contribution is 7.79. The van der Waals surface area contributed by atoms with Crippen molar-refractivity contribution in [1.82, 2.24) is 0 Å². The summed E-state index contributed by atoms with van der Waals surface area (Å²) in [4.78, 5) is 0. The zero-order chi connectivity index (χ0) is 12.8. The van der Waals surface area contributed by atoms with Gasteiger partial charge in [-0.3, -0.25) is 0 Å². The molecule has 2 aromatic rings. The summed E-state index contributed by atoms with van der Waals surface area (Å²) in [5, 5.41) is 1.64. The first-order chi connectivity index (χ1) is 8.83. The second kappa shape index (κ2) is 6.08. The monoisotopic (exact) mass is 250 g/mol. The summed E-state index contributed by atoms with van der Waals surface area (Å²) in [6.45, 7) is 3.73. The lowest BCUT2D eigenvalue weighted by Crippen LogP contribution is -1.80. The minimum absolute atomic E-state index is 0.956. The van der Waals surface area contributed by atoms with Gasteiger partial charge in [0.25, 0.3) is 0 Å². The maximum atomic E-state index is 4.91. The third-order valence-electron chi connectivity index (χ3n) is 2.72. The molecule has 0 nitrogen and oxygen atoms in total. The van der Waals surface area contributed by atoms with E-state index in [1.807, 2.05) is 24.3 Å². The van der Waals surface area contributed by atoms with Crippen LogP contribution < -0.4 is 0 Å². The molecule has 0 amide bonds. The van der Waals surface area contributed by atoms with Gasteiger partial charge in [-0.25, -0.2) is 0 Å². The van der Waals surface area contributed by atoms with Crippen LogP contribution >= 0.6 is 12.2 Å². The van der Waals surface area contributed by atoms with Gasteiger partial charge in [-0.1, -0.05) is 79.5 Å². The molecule has 0 aliphatic carbocycles. The Hall–Kier alpha value is -1.99. The van der Waals surface area contributed by atoms with Gasteiger partial charge in [-0.15, -0.1) is 0 Å². The molecule has 0 bridgehead atoms. The van der Waals surface area contributed by atoms with Crippen molar-refractivity contribution in [3.05, 3.63) is 78.4 Å². The molecule has 2 aromatic carbocycles. The Morgan fingerprint density at radius 2 is 1.50 bits per heavy atom. The van der Waals surface area contributed by atoms with Crippen LogP contribution in [0, 0.1) is 0 Å². The smallest absolute Gasteiger partial charge is 0.00861 e. The molecule has 0 saturated carbocycles. The van der Waals surface area contributed by atoms with Crippen LogP contribution in [-0.4, -0.2) is 5.37 Å². The van der Waals surface area contributed by atoms with Gasteiger partial charge in [0, 0.05) is 5.37 Å². The molecule has 0 aromatic heterocycles. The molecule has 0 aliphatic rings. The third-order valence-corrected chi connectivity index (χ3v) is 3.00. The van der Waals surface area contributed by atoms with Crippen LogP contribution in [0.3, 0.4) is 0 Å². The van der Waals surface area contributed by atoms with Crippen LogP contribution in [0.1, 0.15) is 5.56 Å². The third kappa shape index (κ3) is 3.02. The van der Waals surface area contributed by atoms with Crippen LogP contribution in [0.5, 0.6) is 0 Å². The van der Waals surface area contributed by atoms with Crippen molar-refractivity contribution in [2.45, 2.75) is 0 Å². The molecule has 1 heteroatoms. The van der Waals surface area contributed by atoms with E-state index >= 15 is 0 Å². The molecule has 2 rings (SSSR count). The second-order valence-electron chi connectivity index (χ2n) is 3.95. The number of hydrogen-bond acceptors (Lipinski definition) is 1. The van der Waals surface area contributed by atoms with Gasteiger partial charge in [-0.05, 0) is 28.3 Å². The standard InChI is InChI=1S/C17H14S/c1-2-14(13-18)12-15-8-10-17(11-9-15)16-6-4-3-5-7-16/h2-13H,1H2/b14-12+. The molecule has 0 radical (unpaired) electrons. The summed E-state index contributed by atoms with van der Waals surface area (Å²) in [5.41, 5.74) is 4.53. The van der Waals surface area contributed by atoms with E-state index in [1.54, 1.807) is 11.4 Å². The van der Waals surface area contributed by atoms with Crippen molar-refractivity contribution in [3.8, 4) is 11.1 Å². The Labute approximate surface area is 113 Å². The molecule has 18 heavy (non-hydrogen) atoms. The number of allylic oxidation sites excluding steroid dienone is 2. The highest BCUT2D eigenvalue weighted by Crippen LogP contribution is 2.20. The average Bonchev–Trinajstić information content (AvgIpc) is 2.46. The first-order valence-electron chi connectivity index (χ1n) is 5.78. The average molecular weight is 250 g/mol. The molecular weight excluding hydrogens is 236 g/mol. The molecule has 0 unspecified atom stereocenters. The Kier molecular flexibility index (Phi) is 4.21. The molecular formula is C17H14S. The number of hydrogen-bond donors (Lipinski definition) is 0. The first kappa shape index (κ1) is 12.5. The van der Waals surface area contributed by atoms with E-state index in [0.717, 1.165) is 11.1 Å². The molecule has 88 valence electrons. The van der Waals surface area contributed by atoms with Gasteiger partial charge in [0.2, 0.25) is 0 Å². The van der Waals surface area contributed by atoms with Gasteiger partial charge < -0.3 is 0 Å². The lowest BCUT2D eigenvalue weighted by atomic mass is 10.0. The lowest BCUT2D eigenvalue weighted by molar-refractivity contribution is 1.60. The molecule has 0 aliphatic heterocycles. The first-order valence-corrected chi connectivity index (χ1v) is 6.25. The van der Waals surface area contributed by atoms with E-state index in [4.69, 9.17) is 12.2 Å². The molecule has 0 atom stereocenters. The van der Waals surface area contributed by atoms with Crippen LogP contribution in [0.4, 0.5) is 0 Å². The molecule has 0 saturated heterocycles. The highest BCUT2D eigenvalue weighted by atomic mass is 32.1. The van der Waals surface area contributed by atoms with Crippen molar-refractivity contribution in [2.75, 3.05) is 0 Å². The normalized spacial score (nSPS) is 11.0. The predicted molar refractivity (Wildman–Crippen MR) is 83.7 cm³/mol. The molecule has 0 heterocycles. The Morgan fingerprint density at radius 1 is 0.889 bits per heavy atom. The van der Waals surface area contributed by atoms with E-state index in [9.17, 15) is 0 Å². The van der Waals surface area contributed by atoms with Gasteiger partial charge in [0.05, 0.1) is 0 Å².